The number of piperidine rings is 1. The molecule has 3 rings (SSSR count). The van der Waals surface area contributed by atoms with Crippen molar-refractivity contribution in [2.45, 2.75) is 70.9 Å². The summed E-state index contributed by atoms with van der Waals surface area (Å²) in [6, 6.07) is 8.68. The highest BCUT2D eigenvalue weighted by Gasteiger charge is 2.31. The van der Waals surface area contributed by atoms with E-state index in [-0.39, 0.29) is 11.3 Å². The van der Waals surface area contributed by atoms with Crippen LogP contribution >= 0.6 is 0 Å². The van der Waals surface area contributed by atoms with Gasteiger partial charge in [-0.05, 0) is 68.8 Å². The van der Waals surface area contributed by atoms with Crippen LogP contribution in [0.15, 0.2) is 24.3 Å². The van der Waals surface area contributed by atoms with Gasteiger partial charge in [0.2, 0.25) is 0 Å². The highest BCUT2D eigenvalue weighted by molar-refractivity contribution is 5.81. The third-order valence-electron chi connectivity index (χ3n) is 5.75. The van der Waals surface area contributed by atoms with E-state index in [1.54, 1.807) is 0 Å². The van der Waals surface area contributed by atoms with E-state index < -0.39 is 6.10 Å². The molecule has 1 aromatic rings. The van der Waals surface area contributed by atoms with Gasteiger partial charge in [-0.3, -0.25) is 9.69 Å². The van der Waals surface area contributed by atoms with E-state index in [2.05, 4.69) is 37.8 Å². The number of likely N-dealkylation sites (tertiary alicyclic amines) is 2. The Morgan fingerprint density at radius 3 is 2.35 bits per heavy atom. The van der Waals surface area contributed by atoms with Gasteiger partial charge in [-0.15, -0.1) is 0 Å². The van der Waals surface area contributed by atoms with Gasteiger partial charge in [0, 0.05) is 19.1 Å². The first kappa shape index (κ1) is 19.2. The van der Waals surface area contributed by atoms with Gasteiger partial charge in [0.15, 0.2) is 6.10 Å². The molecule has 2 atom stereocenters. The minimum atomic E-state index is -0.437. The van der Waals surface area contributed by atoms with Crippen LogP contribution in [0.4, 0.5) is 0 Å². The van der Waals surface area contributed by atoms with Crippen LogP contribution in [0.25, 0.3) is 0 Å². The van der Waals surface area contributed by atoms with E-state index in [1.165, 1.54) is 37.9 Å². The number of benzene rings is 1. The second kappa shape index (κ2) is 7.99. The fraction of sp³-hybridized carbons (Fsp3) is 0.682. The van der Waals surface area contributed by atoms with Crippen LogP contribution < -0.4 is 4.74 Å². The van der Waals surface area contributed by atoms with E-state index in [9.17, 15) is 4.79 Å². The van der Waals surface area contributed by atoms with Gasteiger partial charge >= 0.3 is 0 Å². The molecule has 2 aliphatic rings. The Labute approximate surface area is 158 Å². The predicted octanol–water partition coefficient (Wildman–Crippen LogP) is 3.84. The molecule has 2 fully saturated rings. The molecule has 2 saturated heterocycles. The van der Waals surface area contributed by atoms with Crippen LogP contribution in [-0.2, 0) is 10.2 Å². The van der Waals surface area contributed by atoms with Gasteiger partial charge in [0.1, 0.15) is 5.75 Å². The molecular formula is C22H34N2O2. The summed E-state index contributed by atoms with van der Waals surface area (Å²) >= 11 is 0. The second-order valence-electron chi connectivity index (χ2n) is 8.86. The Kier molecular flexibility index (Phi) is 5.91. The van der Waals surface area contributed by atoms with Crippen molar-refractivity contribution in [3.05, 3.63) is 29.8 Å². The first-order valence-corrected chi connectivity index (χ1v) is 10.1. The molecule has 144 valence electrons. The van der Waals surface area contributed by atoms with Crippen molar-refractivity contribution < 1.29 is 9.53 Å². The number of carbonyl (C=O) groups is 1. The molecule has 2 aliphatic heterocycles. The largest absolute Gasteiger partial charge is 0.481 e. The van der Waals surface area contributed by atoms with Gasteiger partial charge in [-0.2, -0.15) is 0 Å². The smallest absolute Gasteiger partial charge is 0.263 e. The first-order chi connectivity index (χ1) is 12.3. The van der Waals surface area contributed by atoms with Gasteiger partial charge in [0.05, 0.1) is 0 Å². The molecule has 4 nitrogen and oxygen atoms in total. The fourth-order valence-corrected chi connectivity index (χ4v) is 4.10. The zero-order chi connectivity index (χ0) is 18.7. The lowest BCUT2D eigenvalue weighted by atomic mass is 9.87. The van der Waals surface area contributed by atoms with E-state index >= 15 is 0 Å². The van der Waals surface area contributed by atoms with Crippen molar-refractivity contribution in [3.63, 3.8) is 0 Å². The summed E-state index contributed by atoms with van der Waals surface area (Å²) in [4.78, 5) is 17.5. The summed E-state index contributed by atoms with van der Waals surface area (Å²) in [7, 11) is 0. The number of carbonyl (C=O) groups excluding carboxylic acids is 1. The number of nitrogens with zero attached hydrogens (tertiary/aromatic N) is 2. The molecule has 2 heterocycles. The van der Waals surface area contributed by atoms with Crippen LogP contribution in [-0.4, -0.2) is 54.0 Å². The second-order valence-corrected chi connectivity index (χ2v) is 8.86. The Balaban J connectivity index is 1.56. The van der Waals surface area contributed by atoms with Gasteiger partial charge < -0.3 is 9.64 Å². The monoisotopic (exact) mass is 358 g/mol. The minimum Gasteiger partial charge on any atom is -0.481 e. The van der Waals surface area contributed by atoms with Crippen LogP contribution in [0.2, 0.25) is 0 Å². The molecule has 0 aliphatic carbocycles. The van der Waals surface area contributed by atoms with Gasteiger partial charge in [-0.1, -0.05) is 32.9 Å². The van der Waals surface area contributed by atoms with Gasteiger partial charge in [0.25, 0.3) is 5.91 Å². The molecular weight excluding hydrogens is 324 g/mol. The maximum Gasteiger partial charge on any atom is 0.263 e. The number of amides is 1. The number of hydrogen-bond acceptors (Lipinski definition) is 3. The predicted molar refractivity (Wildman–Crippen MR) is 106 cm³/mol. The molecule has 0 radical (unpaired) electrons. The quantitative estimate of drug-likeness (QED) is 0.820. The normalized spacial score (nSPS) is 23.1. The molecule has 0 bridgehead atoms. The maximum atomic E-state index is 12.9. The third kappa shape index (κ3) is 4.59. The topological polar surface area (TPSA) is 32.8 Å². The third-order valence-corrected chi connectivity index (χ3v) is 5.75. The molecule has 0 aromatic heterocycles. The zero-order valence-electron chi connectivity index (χ0n) is 16.8. The average Bonchev–Trinajstić information content (AvgIpc) is 3.15. The van der Waals surface area contributed by atoms with Crippen molar-refractivity contribution >= 4 is 5.91 Å². The SMILES string of the molecule is CC(Oc1ccc(C(C)(C)C)cc1)C(=O)N1CCCC(N2CCCC2)C1. The lowest BCUT2D eigenvalue weighted by molar-refractivity contribution is -0.140. The van der Waals surface area contributed by atoms with Crippen LogP contribution in [0.3, 0.4) is 0 Å². The lowest BCUT2D eigenvalue weighted by Crippen LogP contribution is -2.51. The van der Waals surface area contributed by atoms with Crippen molar-refractivity contribution in [2.24, 2.45) is 0 Å². The summed E-state index contributed by atoms with van der Waals surface area (Å²) in [5.74, 6) is 0.890. The Bertz CT molecular complexity index is 600. The molecule has 26 heavy (non-hydrogen) atoms. The zero-order valence-corrected chi connectivity index (χ0v) is 16.8. The van der Waals surface area contributed by atoms with Gasteiger partial charge in [-0.25, -0.2) is 0 Å². The molecule has 0 N–H and O–H groups in total. The highest BCUT2D eigenvalue weighted by Crippen LogP contribution is 2.25. The van der Waals surface area contributed by atoms with Crippen LogP contribution in [0, 0.1) is 0 Å². The van der Waals surface area contributed by atoms with Crippen molar-refractivity contribution in [2.75, 3.05) is 26.2 Å². The lowest BCUT2D eigenvalue weighted by Gasteiger charge is -2.38. The number of hydrogen-bond donors (Lipinski definition) is 0. The Morgan fingerprint density at radius 2 is 1.73 bits per heavy atom. The molecule has 4 heteroatoms. The average molecular weight is 359 g/mol. The minimum absolute atomic E-state index is 0.119. The standard InChI is InChI=1S/C22H34N2O2/c1-17(26-20-11-9-18(10-12-20)22(2,3)4)21(25)24-15-7-8-19(16-24)23-13-5-6-14-23/h9-12,17,19H,5-8,13-16H2,1-4H3. The Morgan fingerprint density at radius 1 is 1.08 bits per heavy atom. The summed E-state index contributed by atoms with van der Waals surface area (Å²) in [6.45, 7) is 12.6. The summed E-state index contributed by atoms with van der Waals surface area (Å²) in [5, 5.41) is 0. The van der Waals surface area contributed by atoms with Crippen LogP contribution in [0.5, 0.6) is 5.75 Å². The summed E-state index contributed by atoms with van der Waals surface area (Å²) in [6.07, 6.45) is 4.48. The van der Waals surface area contributed by atoms with Crippen molar-refractivity contribution in [3.8, 4) is 5.75 Å². The van der Waals surface area contributed by atoms with E-state index in [1.807, 2.05) is 24.0 Å². The molecule has 1 aromatic carbocycles. The first-order valence-electron chi connectivity index (χ1n) is 10.1. The molecule has 1 amide bonds. The van der Waals surface area contributed by atoms with E-state index in [0.717, 1.165) is 25.3 Å². The van der Waals surface area contributed by atoms with E-state index in [0.29, 0.717) is 6.04 Å². The molecule has 0 saturated carbocycles. The molecule has 0 spiro atoms. The highest BCUT2D eigenvalue weighted by atomic mass is 16.5. The van der Waals surface area contributed by atoms with Crippen molar-refractivity contribution in [1.29, 1.82) is 0 Å². The fourth-order valence-electron chi connectivity index (χ4n) is 4.10. The van der Waals surface area contributed by atoms with Crippen molar-refractivity contribution in [1.82, 2.24) is 9.80 Å². The molecule has 2 unspecified atom stereocenters. The maximum absolute atomic E-state index is 12.9. The van der Waals surface area contributed by atoms with E-state index in [4.69, 9.17) is 4.74 Å². The summed E-state index contributed by atoms with van der Waals surface area (Å²) in [5.41, 5.74) is 1.39. The number of ether oxygens (including phenoxy) is 1. The van der Waals surface area contributed by atoms with Crippen LogP contribution in [0.1, 0.15) is 58.9 Å². The number of rotatable bonds is 4. The summed E-state index contributed by atoms with van der Waals surface area (Å²) < 4.78 is 5.95. The Hall–Kier alpha value is -1.55.